The van der Waals surface area contributed by atoms with Crippen molar-refractivity contribution in [2.24, 2.45) is 0 Å². The Kier molecular flexibility index (Phi) is 2.69. The van der Waals surface area contributed by atoms with E-state index >= 15 is 0 Å². The van der Waals surface area contributed by atoms with Gasteiger partial charge in [-0.25, -0.2) is 4.79 Å². The summed E-state index contributed by atoms with van der Waals surface area (Å²) in [4.78, 5) is 11.1. The molecule has 0 heterocycles. The van der Waals surface area contributed by atoms with E-state index in [0.717, 1.165) is 18.4 Å². The maximum Gasteiger partial charge on any atom is 0.339 e. The van der Waals surface area contributed by atoms with Gasteiger partial charge in [0.05, 0.1) is 12.7 Å². The van der Waals surface area contributed by atoms with Crippen LogP contribution in [0.3, 0.4) is 0 Å². The normalized spacial score (nSPS) is 18.9. The van der Waals surface area contributed by atoms with E-state index in [1.807, 2.05) is 0 Å². The molecule has 4 heteroatoms. The van der Waals surface area contributed by atoms with Crippen LogP contribution in [0.2, 0.25) is 0 Å². The van der Waals surface area contributed by atoms with Gasteiger partial charge in [0.25, 0.3) is 0 Å². The standard InChI is InChI=1S/C12H14O4/c1-16-11(14)10(13)8-2-4-9(5-3-8)12(15)6-7-12/h2-5,10,13,15H,6-7H2,1H3. The van der Waals surface area contributed by atoms with Gasteiger partial charge in [0, 0.05) is 0 Å². The number of carbonyl (C=O) groups is 1. The van der Waals surface area contributed by atoms with Gasteiger partial charge in [-0.1, -0.05) is 24.3 Å². The van der Waals surface area contributed by atoms with Gasteiger partial charge in [-0.15, -0.1) is 0 Å². The Hall–Kier alpha value is -1.39. The molecule has 0 aliphatic heterocycles. The number of methoxy groups -OCH3 is 1. The van der Waals surface area contributed by atoms with E-state index in [1.165, 1.54) is 7.11 Å². The summed E-state index contributed by atoms with van der Waals surface area (Å²) in [6.45, 7) is 0. The number of aliphatic hydroxyl groups excluding tert-OH is 1. The molecule has 1 unspecified atom stereocenters. The molecule has 1 aliphatic carbocycles. The van der Waals surface area contributed by atoms with Gasteiger partial charge in [0.2, 0.25) is 0 Å². The highest BCUT2D eigenvalue weighted by Gasteiger charge is 2.41. The third kappa shape index (κ3) is 1.94. The summed E-state index contributed by atoms with van der Waals surface area (Å²) in [5.74, 6) is -0.683. The highest BCUT2D eigenvalue weighted by atomic mass is 16.5. The summed E-state index contributed by atoms with van der Waals surface area (Å²) in [5.41, 5.74) is 0.613. The Bertz CT molecular complexity index is 392. The lowest BCUT2D eigenvalue weighted by Crippen LogP contribution is -2.13. The summed E-state index contributed by atoms with van der Waals surface area (Å²) in [5, 5.41) is 19.4. The third-order valence-corrected chi connectivity index (χ3v) is 2.91. The van der Waals surface area contributed by atoms with Crippen LogP contribution in [0.15, 0.2) is 24.3 Å². The van der Waals surface area contributed by atoms with Crippen LogP contribution in [-0.4, -0.2) is 23.3 Å². The van der Waals surface area contributed by atoms with E-state index in [0.29, 0.717) is 5.56 Å². The number of hydrogen-bond acceptors (Lipinski definition) is 4. The lowest BCUT2D eigenvalue weighted by atomic mass is 10.0. The van der Waals surface area contributed by atoms with Crippen molar-refractivity contribution < 1.29 is 19.7 Å². The van der Waals surface area contributed by atoms with Gasteiger partial charge < -0.3 is 14.9 Å². The first kappa shape index (κ1) is 11.1. The molecule has 0 bridgehead atoms. The Morgan fingerprint density at radius 3 is 2.38 bits per heavy atom. The van der Waals surface area contributed by atoms with Crippen LogP contribution in [0.4, 0.5) is 0 Å². The largest absolute Gasteiger partial charge is 0.467 e. The maximum absolute atomic E-state index is 11.1. The molecular formula is C12H14O4. The third-order valence-electron chi connectivity index (χ3n) is 2.91. The van der Waals surface area contributed by atoms with Gasteiger partial charge in [-0.2, -0.15) is 0 Å². The number of esters is 1. The van der Waals surface area contributed by atoms with Crippen molar-refractivity contribution in [2.75, 3.05) is 7.11 Å². The minimum absolute atomic E-state index is 0.472. The van der Waals surface area contributed by atoms with Gasteiger partial charge >= 0.3 is 5.97 Å². The minimum atomic E-state index is -1.26. The van der Waals surface area contributed by atoms with E-state index in [2.05, 4.69) is 4.74 Å². The van der Waals surface area contributed by atoms with E-state index in [9.17, 15) is 15.0 Å². The minimum Gasteiger partial charge on any atom is -0.467 e. The van der Waals surface area contributed by atoms with Crippen LogP contribution in [0.5, 0.6) is 0 Å². The second-order valence-electron chi connectivity index (χ2n) is 4.08. The predicted molar refractivity (Wildman–Crippen MR) is 56.5 cm³/mol. The molecule has 1 aliphatic rings. The van der Waals surface area contributed by atoms with Crippen LogP contribution in [0, 0.1) is 0 Å². The Balaban J connectivity index is 2.16. The molecule has 16 heavy (non-hydrogen) atoms. The van der Waals surface area contributed by atoms with Gasteiger partial charge in [-0.05, 0) is 24.0 Å². The number of rotatable bonds is 3. The van der Waals surface area contributed by atoms with Crippen molar-refractivity contribution in [3.63, 3.8) is 0 Å². The van der Waals surface area contributed by atoms with Crippen molar-refractivity contribution in [2.45, 2.75) is 24.5 Å². The number of benzene rings is 1. The fourth-order valence-corrected chi connectivity index (χ4v) is 1.63. The maximum atomic E-state index is 11.1. The van der Waals surface area contributed by atoms with Crippen LogP contribution >= 0.6 is 0 Å². The zero-order chi connectivity index (χ0) is 11.8. The van der Waals surface area contributed by atoms with Crippen molar-refractivity contribution >= 4 is 5.97 Å². The summed E-state index contributed by atoms with van der Waals surface area (Å²) in [7, 11) is 1.23. The second kappa shape index (κ2) is 3.88. The summed E-state index contributed by atoms with van der Waals surface area (Å²) >= 11 is 0. The lowest BCUT2D eigenvalue weighted by Gasteiger charge is -2.11. The molecule has 2 rings (SSSR count). The van der Waals surface area contributed by atoms with Crippen molar-refractivity contribution in [1.82, 2.24) is 0 Å². The molecule has 0 radical (unpaired) electrons. The summed E-state index contributed by atoms with van der Waals surface area (Å²) in [6, 6.07) is 6.73. The molecule has 1 aromatic rings. The summed E-state index contributed by atoms with van der Waals surface area (Å²) < 4.78 is 4.44. The fourth-order valence-electron chi connectivity index (χ4n) is 1.63. The highest BCUT2D eigenvalue weighted by Crippen LogP contribution is 2.45. The molecular weight excluding hydrogens is 208 g/mol. The van der Waals surface area contributed by atoms with Gasteiger partial charge in [-0.3, -0.25) is 0 Å². The molecule has 0 spiro atoms. The van der Waals surface area contributed by atoms with Crippen molar-refractivity contribution in [1.29, 1.82) is 0 Å². The fraction of sp³-hybridized carbons (Fsp3) is 0.417. The van der Waals surface area contributed by atoms with Crippen LogP contribution in [-0.2, 0) is 15.1 Å². The van der Waals surface area contributed by atoms with E-state index in [1.54, 1.807) is 24.3 Å². The monoisotopic (exact) mass is 222 g/mol. The van der Waals surface area contributed by atoms with Crippen LogP contribution < -0.4 is 0 Å². The number of ether oxygens (including phenoxy) is 1. The Morgan fingerprint density at radius 1 is 1.38 bits per heavy atom. The first-order chi connectivity index (χ1) is 7.57. The Morgan fingerprint density at radius 2 is 1.94 bits per heavy atom. The van der Waals surface area contributed by atoms with E-state index in [-0.39, 0.29) is 0 Å². The van der Waals surface area contributed by atoms with E-state index in [4.69, 9.17) is 0 Å². The first-order valence-electron chi connectivity index (χ1n) is 5.15. The molecule has 0 saturated heterocycles. The molecule has 1 saturated carbocycles. The molecule has 0 aromatic heterocycles. The van der Waals surface area contributed by atoms with Crippen LogP contribution in [0.25, 0.3) is 0 Å². The predicted octanol–water partition coefficient (Wildman–Crippen LogP) is 0.874. The van der Waals surface area contributed by atoms with Crippen molar-refractivity contribution in [3.8, 4) is 0 Å². The number of hydrogen-bond donors (Lipinski definition) is 2. The number of aliphatic hydroxyl groups is 2. The van der Waals surface area contributed by atoms with Gasteiger partial charge in [0.15, 0.2) is 6.10 Å². The van der Waals surface area contributed by atoms with Crippen molar-refractivity contribution in [3.05, 3.63) is 35.4 Å². The second-order valence-corrected chi connectivity index (χ2v) is 4.08. The molecule has 1 atom stereocenters. The summed E-state index contributed by atoms with van der Waals surface area (Å²) in [6.07, 6.45) is 0.283. The average Bonchev–Trinajstić information content (AvgIpc) is 3.07. The molecule has 86 valence electrons. The molecule has 4 nitrogen and oxygen atoms in total. The van der Waals surface area contributed by atoms with E-state index < -0.39 is 17.7 Å². The van der Waals surface area contributed by atoms with Gasteiger partial charge in [0.1, 0.15) is 0 Å². The molecule has 2 N–H and O–H groups in total. The smallest absolute Gasteiger partial charge is 0.339 e. The molecule has 0 amide bonds. The van der Waals surface area contributed by atoms with Crippen LogP contribution in [0.1, 0.15) is 30.1 Å². The lowest BCUT2D eigenvalue weighted by molar-refractivity contribution is -0.150. The quantitative estimate of drug-likeness (QED) is 0.745. The average molecular weight is 222 g/mol. The zero-order valence-corrected chi connectivity index (χ0v) is 9.01. The first-order valence-corrected chi connectivity index (χ1v) is 5.15. The highest BCUT2D eigenvalue weighted by molar-refractivity contribution is 5.76. The Labute approximate surface area is 93.5 Å². The number of carbonyl (C=O) groups excluding carboxylic acids is 1. The molecule has 1 aromatic carbocycles. The SMILES string of the molecule is COC(=O)C(O)c1ccc(C2(O)CC2)cc1. The molecule has 1 fully saturated rings. The zero-order valence-electron chi connectivity index (χ0n) is 9.01. The topological polar surface area (TPSA) is 66.8 Å².